The van der Waals surface area contributed by atoms with Crippen LogP contribution >= 0.6 is 0 Å². The van der Waals surface area contributed by atoms with Crippen LogP contribution in [0.5, 0.6) is 0 Å². The molecule has 2 aliphatic rings. The van der Waals surface area contributed by atoms with E-state index in [0.29, 0.717) is 5.54 Å². The minimum Gasteiger partial charge on any atom is -0.293 e. The molecule has 120 valence electrons. The van der Waals surface area contributed by atoms with Crippen molar-refractivity contribution in [1.29, 1.82) is 0 Å². The molecule has 0 amide bonds. The second-order valence-electron chi connectivity index (χ2n) is 7.40. The summed E-state index contributed by atoms with van der Waals surface area (Å²) in [5, 5.41) is 0. The van der Waals surface area contributed by atoms with Gasteiger partial charge in [0.2, 0.25) is 0 Å². The molecule has 2 aromatic carbocycles. The van der Waals surface area contributed by atoms with Gasteiger partial charge in [0.15, 0.2) is 0 Å². The van der Waals surface area contributed by atoms with Crippen LogP contribution < -0.4 is 0 Å². The second kappa shape index (κ2) is 6.49. The van der Waals surface area contributed by atoms with Crippen molar-refractivity contribution in [3.8, 4) is 0 Å². The van der Waals surface area contributed by atoms with Crippen LogP contribution in [0.2, 0.25) is 0 Å². The van der Waals surface area contributed by atoms with Gasteiger partial charge in [-0.05, 0) is 49.3 Å². The molecule has 1 saturated carbocycles. The number of nitrogens with zero attached hydrogens (tertiary/aromatic N) is 1. The van der Waals surface area contributed by atoms with Crippen LogP contribution in [0.15, 0.2) is 60.7 Å². The number of hydrogen-bond acceptors (Lipinski definition) is 1. The maximum Gasteiger partial charge on any atom is 0.0282 e. The van der Waals surface area contributed by atoms with Crippen LogP contribution in [-0.2, 0) is 13.0 Å². The molecule has 0 N–H and O–H groups in total. The Morgan fingerprint density at radius 2 is 1.52 bits per heavy atom. The zero-order valence-corrected chi connectivity index (χ0v) is 14.0. The number of fused-ring (bicyclic) bond motifs is 1. The Morgan fingerprint density at radius 1 is 0.826 bits per heavy atom. The van der Waals surface area contributed by atoms with Crippen molar-refractivity contribution in [2.45, 2.75) is 50.6 Å². The maximum atomic E-state index is 2.82. The van der Waals surface area contributed by atoms with Gasteiger partial charge in [0.05, 0.1) is 0 Å². The quantitative estimate of drug-likeness (QED) is 0.763. The van der Waals surface area contributed by atoms with E-state index in [1.807, 2.05) is 0 Å². The molecule has 4 rings (SSSR count). The largest absolute Gasteiger partial charge is 0.293 e. The van der Waals surface area contributed by atoms with Crippen molar-refractivity contribution < 1.29 is 0 Å². The van der Waals surface area contributed by atoms with Gasteiger partial charge in [0.25, 0.3) is 0 Å². The van der Waals surface area contributed by atoms with Crippen molar-refractivity contribution >= 4 is 0 Å². The molecule has 1 heterocycles. The highest BCUT2D eigenvalue weighted by Crippen LogP contribution is 2.47. The lowest BCUT2D eigenvalue weighted by atomic mass is 9.70. The summed E-state index contributed by atoms with van der Waals surface area (Å²) in [5.41, 5.74) is 3.38. The Labute approximate surface area is 140 Å². The van der Waals surface area contributed by atoms with Gasteiger partial charge in [-0.2, -0.15) is 0 Å². The highest BCUT2D eigenvalue weighted by Gasteiger charge is 2.49. The molecule has 2 fully saturated rings. The topological polar surface area (TPSA) is 3.24 Å². The first-order valence-electron chi connectivity index (χ1n) is 9.20. The predicted octanol–water partition coefficient (Wildman–Crippen LogP) is 5.06. The highest BCUT2D eigenvalue weighted by atomic mass is 15.2. The zero-order chi connectivity index (χ0) is 15.5. The summed E-state index contributed by atoms with van der Waals surface area (Å²) in [6.07, 6.45) is 8.25. The van der Waals surface area contributed by atoms with Crippen molar-refractivity contribution in [2.24, 2.45) is 5.92 Å². The third kappa shape index (κ3) is 2.95. The van der Waals surface area contributed by atoms with Crippen LogP contribution in [0.25, 0.3) is 0 Å². The van der Waals surface area contributed by atoms with Gasteiger partial charge in [-0.15, -0.1) is 0 Å². The summed E-state index contributed by atoms with van der Waals surface area (Å²) in [4.78, 5) is 2.82. The summed E-state index contributed by atoms with van der Waals surface area (Å²) in [7, 11) is 0. The van der Waals surface area contributed by atoms with E-state index in [9.17, 15) is 0 Å². The van der Waals surface area contributed by atoms with Crippen LogP contribution in [0, 0.1) is 5.92 Å². The lowest BCUT2D eigenvalue weighted by molar-refractivity contribution is 0.0567. The molecule has 0 radical (unpaired) electrons. The Kier molecular flexibility index (Phi) is 4.22. The standard InChI is InChI=1S/C22H27N/c1-3-9-19(10-4-1)17-22-15-8-7-13-21(22)14-16-23(22)18-20-11-5-2-6-12-20/h1-6,9-12,21H,7-8,13-18H2/t21-,22+/m0/s1. The third-order valence-corrected chi connectivity index (χ3v) is 6.12. The minimum atomic E-state index is 0.398. The van der Waals surface area contributed by atoms with E-state index in [-0.39, 0.29) is 0 Å². The van der Waals surface area contributed by atoms with Crippen molar-refractivity contribution in [3.63, 3.8) is 0 Å². The fourth-order valence-corrected chi connectivity index (χ4v) is 4.99. The molecule has 1 aliphatic heterocycles. The van der Waals surface area contributed by atoms with Gasteiger partial charge in [-0.1, -0.05) is 73.5 Å². The van der Waals surface area contributed by atoms with Gasteiger partial charge >= 0.3 is 0 Å². The molecule has 1 nitrogen and oxygen atoms in total. The van der Waals surface area contributed by atoms with Crippen molar-refractivity contribution in [2.75, 3.05) is 6.54 Å². The fraction of sp³-hybridized carbons (Fsp3) is 0.455. The first kappa shape index (κ1) is 15.0. The first-order valence-corrected chi connectivity index (χ1v) is 9.20. The number of hydrogen-bond donors (Lipinski definition) is 0. The number of rotatable bonds is 4. The zero-order valence-electron chi connectivity index (χ0n) is 14.0. The van der Waals surface area contributed by atoms with Crippen LogP contribution in [-0.4, -0.2) is 17.0 Å². The van der Waals surface area contributed by atoms with E-state index >= 15 is 0 Å². The molecule has 23 heavy (non-hydrogen) atoms. The van der Waals surface area contributed by atoms with E-state index in [4.69, 9.17) is 0 Å². The van der Waals surface area contributed by atoms with E-state index in [1.54, 1.807) is 0 Å². The first-order chi connectivity index (χ1) is 11.4. The number of benzene rings is 2. The molecule has 2 atom stereocenters. The fourth-order valence-electron chi connectivity index (χ4n) is 4.99. The lowest BCUT2D eigenvalue weighted by Crippen LogP contribution is -2.50. The molecule has 1 heteroatoms. The summed E-state index contributed by atoms with van der Waals surface area (Å²) in [5.74, 6) is 0.889. The maximum absolute atomic E-state index is 2.82. The smallest absolute Gasteiger partial charge is 0.0282 e. The van der Waals surface area contributed by atoms with Crippen LogP contribution in [0.4, 0.5) is 0 Å². The van der Waals surface area contributed by atoms with Gasteiger partial charge in [-0.3, -0.25) is 4.90 Å². The molecule has 2 aromatic rings. The van der Waals surface area contributed by atoms with Crippen molar-refractivity contribution in [1.82, 2.24) is 4.90 Å². The monoisotopic (exact) mass is 305 g/mol. The third-order valence-electron chi connectivity index (χ3n) is 6.12. The summed E-state index contributed by atoms with van der Waals surface area (Å²) < 4.78 is 0. The molecule has 1 saturated heterocycles. The van der Waals surface area contributed by atoms with Gasteiger partial charge < -0.3 is 0 Å². The Bertz CT molecular complexity index is 621. The van der Waals surface area contributed by atoms with Crippen molar-refractivity contribution in [3.05, 3.63) is 71.8 Å². The molecule has 0 spiro atoms. The Morgan fingerprint density at radius 3 is 2.26 bits per heavy atom. The SMILES string of the molecule is c1ccc(CN2CC[C@@H]3CCCC[C@@]32Cc2ccccc2)cc1. The normalized spacial score (nSPS) is 27.7. The predicted molar refractivity (Wildman–Crippen MR) is 96.3 cm³/mol. The second-order valence-corrected chi connectivity index (χ2v) is 7.40. The Balaban J connectivity index is 1.62. The number of likely N-dealkylation sites (tertiary alicyclic amines) is 1. The molecule has 0 aromatic heterocycles. The van der Waals surface area contributed by atoms with Gasteiger partial charge in [-0.25, -0.2) is 0 Å². The van der Waals surface area contributed by atoms with Crippen LogP contribution in [0.3, 0.4) is 0 Å². The summed E-state index contributed by atoms with van der Waals surface area (Å²) in [6.45, 7) is 2.39. The minimum absolute atomic E-state index is 0.398. The lowest BCUT2D eigenvalue weighted by Gasteiger charge is -2.46. The average Bonchev–Trinajstić information content (AvgIpc) is 2.95. The molecular formula is C22H27N. The highest BCUT2D eigenvalue weighted by molar-refractivity contribution is 5.22. The van der Waals surface area contributed by atoms with E-state index < -0.39 is 0 Å². The van der Waals surface area contributed by atoms with E-state index in [0.717, 1.165) is 12.5 Å². The molecule has 0 bridgehead atoms. The average molecular weight is 305 g/mol. The van der Waals surface area contributed by atoms with E-state index in [2.05, 4.69) is 65.6 Å². The van der Waals surface area contributed by atoms with Gasteiger partial charge in [0, 0.05) is 12.1 Å². The molecular weight excluding hydrogens is 278 g/mol. The Hall–Kier alpha value is -1.60. The molecule has 1 aliphatic carbocycles. The molecule has 0 unspecified atom stereocenters. The van der Waals surface area contributed by atoms with Gasteiger partial charge in [0.1, 0.15) is 0 Å². The van der Waals surface area contributed by atoms with E-state index in [1.165, 1.54) is 56.2 Å². The van der Waals surface area contributed by atoms with Crippen LogP contribution in [0.1, 0.15) is 43.2 Å². The summed E-state index contributed by atoms with van der Waals surface area (Å²) in [6, 6.07) is 22.2. The summed E-state index contributed by atoms with van der Waals surface area (Å²) >= 11 is 0.